The van der Waals surface area contributed by atoms with Gasteiger partial charge in [-0.2, -0.15) is 0 Å². The van der Waals surface area contributed by atoms with Crippen molar-refractivity contribution in [1.82, 2.24) is 5.48 Å². The average molecular weight is 257 g/mol. The maximum atomic E-state index is 11.5. The fraction of sp³-hybridized carbons (Fsp3) is 0. The smallest absolute Gasteiger partial charge is 0.275 e. The predicted molar refractivity (Wildman–Crippen MR) is 72.9 cm³/mol. The van der Waals surface area contributed by atoms with Crippen LogP contribution in [-0.4, -0.2) is 16.0 Å². The lowest BCUT2D eigenvalue weighted by molar-refractivity contribution is 0.0706. The summed E-state index contributed by atoms with van der Waals surface area (Å²) >= 11 is 5.38. The summed E-state index contributed by atoms with van der Waals surface area (Å²) in [5.74, 6) is -0.566. The quantitative estimate of drug-likeness (QED) is 0.384. The Morgan fingerprint density at radius 1 is 0.944 bits per heavy atom. The number of hydrogen-bond acceptors (Lipinski definition) is 3. The molecule has 0 fully saturated rings. The fourth-order valence-electron chi connectivity index (χ4n) is 1.68. The summed E-state index contributed by atoms with van der Waals surface area (Å²) in [6, 6.07) is 16.4. The summed E-state index contributed by atoms with van der Waals surface area (Å²) in [5.41, 5.74) is 3.48. The molecule has 2 rings (SSSR count). The van der Waals surface area contributed by atoms with Gasteiger partial charge in [-0.15, -0.1) is 0 Å². The zero-order valence-electron chi connectivity index (χ0n) is 9.46. The third kappa shape index (κ3) is 2.45. The molecular weight excluding hydrogens is 246 g/mol. The number of hydroxylamine groups is 1. The Labute approximate surface area is 110 Å². The number of amides is 1. The monoisotopic (exact) mass is 257 g/mol. The molecular formula is C14H11NO2S. The van der Waals surface area contributed by atoms with Crippen molar-refractivity contribution in [2.45, 2.75) is 0 Å². The lowest BCUT2D eigenvalue weighted by atomic mass is 9.99. The van der Waals surface area contributed by atoms with Gasteiger partial charge in [-0.25, -0.2) is 5.48 Å². The third-order valence-electron chi connectivity index (χ3n) is 2.55. The van der Waals surface area contributed by atoms with Crippen molar-refractivity contribution >= 4 is 23.0 Å². The molecule has 4 heteroatoms. The van der Waals surface area contributed by atoms with E-state index >= 15 is 0 Å². The third-order valence-corrected chi connectivity index (χ3v) is 3.01. The maximum absolute atomic E-state index is 11.5. The minimum atomic E-state index is -0.566. The molecule has 0 saturated carbocycles. The zero-order valence-corrected chi connectivity index (χ0v) is 10.3. The second-order valence-corrected chi connectivity index (χ2v) is 4.09. The Morgan fingerprint density at radius 3 is 2.11 bits per heavy atom. The van der Waals surface area contributed by atoms with E-state index in [1.165, 1.54) is 0 Å². The summed E-state index contributed by atoms with van der Waals surface area (Å²) in [5, 5.41) is 8.72. The molecule has 2 N–H and O–H groups in total. The lowest BCUT2D eigenvalue weighted by Gasteiger charge is -2.09. The summed E-state index contributed by atoms with van der Waals surface area (Å²) in [6.45, 7) is 0. The van der Waals surface area contributed by atoms with Crippen molar-refractivity contribution in [2.24, 2.45) is 0 Å². The van der Waals surface area contributed by atoms with Gasteiger partial charge in [-0.3, -0.25) is 10.0 Å². The molecule has 0 aromatic heterocycles. The van der Waals surface area contributed by atoms with E-state index in [2.05, 4.69) is 0 Å². The van der Waals surface area contributed by atoms with Gasteiger partial charge in [0.2, 0.25) is 0 Å². The standard InChI is InChI=1S/C14H11NO2S/c16-14(15-17)12-9-5-4-8-11(12)13(18)10-6-2-1-3-7-10/h1-9,17H,(H,15,16). The van der Waals surface area contributed by atoms with Gasteiger partial charge in [0.25, 0.3) is 5.91 Å². The van der Waals surface area contributed by atoms with Crippen molar-refractivity contribution < 1.29 is 10.0 Å². The highest BCUT2D eigenvalue weighted by molar-refractivity contribution is 7.81. The van der Waals surface area contributed by atoms with E-state index in [0.717, 1.165) is 5.56 Å². The van der Waals surface area contributed by atoms with Crippen LogP contribution in [0.15, 0.2) is 54.6 Å². The van der Waals surface area contributed by atoms with E-state index in [1.807, 2.05) is 30.3 Å². The van der Waals surface area contributed by atoms with Crippen molar-refractivity contribution in [3.05, 3.63) is 71.3 Å². The van der Waals surface area contributed by atoms with Crippen LogP contribution in [0.3, 0.4) is 0 Å². The molecule has 0 spiro atoms. The van der Waals surface area contributed by atoms with Gasteiger partial charge in [0.15, 0.2) is 0 Å². The van der Waals surface area contributed by atoms with Crippen LogP contribution in [0.1, 0.15) is 21.5 Å². The average Bonchev–Trinajstić information content (AvgIpc) is 2.46. The Kier molecular flexibility index (Phi) is 3.82. The number of benzene rings is 2. The SMILES string of the molecule is O=C(NO)c1ccccc1C(=S)c1ccccc1. The van der Waals surface area contributed by atoms with Crippen molar-refractivity contribution in [3.63, 3.8) is 0 Å². The number of nitrogens with one attached hydrogen (secondary N) is 1. The fourth-order valence-corrected chi connectivity index (χ4v) is 2.00. The molecule has 2 aromatic rings. The Bertz CT molecular complexity index is 581. The highest BCUT2D eigenvalue weighted by atomic mass is 32.1. The van der Waals surface area contributed by atoms with Gasteiger partial charge < -0.3 is 0 Å². The summed E-state index contributed by atoms with van der Waals surface area (Å²) in [4.78, 5) is 12.1. The van der Waals surface area contributed by atoms with Crippen LogP contribution in [0.25, 0.3) is 0 Å². The molecule has 90 valence electrons. The molecule has 0 unspecified atom stereocenters. The van der Waals surface area contributed by atoms with E-state index in [9.17, 15) is 4.79 Å². The van der Waals surface area contributed by atoms with Gasteiger partial charge in [-0.05, 0) is 11.6 Å². The van der Waals surface area contributed by atoms with Crippen molar-refractivity contribution in [1.29, 1.82) is 0 Å². The highest BCUT2D eigenvalue weighted by Crippen LogP contribution is 2.15. The second kappa shape index (κ2) is 5.53. The van der Waals surface area contributed by atoms with E-state index in [1.54, 1.807) is 29.7 Å². The van der Waals surface area contributed by atoms with Crippen LogP contribution in [0.5, 0.6) is 0 Å². The van der Waals surface area contributed by atoms with E-state index < -0.39 is 5.91 Å². The molecule has 3 nitrogen and oxygen atoms in total. The molecule has 0 aliphatic heterocycles. The minimum absolute atomic E-state index is 0.355. The Balaban J connectivity index is 2.46. The first-order chi connectivity index (χ1) is 8.74. The Morgan fingerprint density at radius 2 is 1.50 bits per heavy atom. The number of hydrogen-bond donors (Lipinski definition) is 2. The zero-order chi connectivity index (χ0) is 13.0. The molecule has 0 heterocycles. The van der Waals surface area contributed by atoms with Gasteiger partial charge >= 0.3 is 0 Å². The van der Waals surface area contributed by atoms with E-state index in [0.29, 0.717) is 16.0 Å². The highest BCUT2D eigenvalue weighted by Gasteiger charge is 2.14. The van der Waals surface area contributed by atoms with Crippen LogP contribution < -0.4 is 5.48 Å². The molecule has 0 bridgehead atoms. The molecule has 18 heavy (non-hydrogen) atoms. The number of thiocarbonyl (C=S) groups is 1. The molecule has 0 aliphatic carbocycles. The van der Waals surface area contributed by atoms with E-state index in [4.69, 9.17) is 17.4 Å². The first kappa shape index (κ1) is 12.4. The lowest BCUT2D eigenvalue weighted by Crippen LogP contribution is -2.21. The van der Waals surface area contributed by atoms with Crippen LogP contribution in [0.2, 0.25) is 0 Å². The van der Waals surface area contributed by atoms with Gasteiger partial charge in [0, 0.05) is 5.56 Å². The first-order valence-electron chi connectivity index (χ1n) is 5.37. The molecule has 2 aromatic carbocycles. The van der Waals surface area contributed by atoms with Crippen LogP contribution >= 0.6 is 12.2 Å². The molecule has 0 atom stereocenters. The van der Waals surface area contributed by atoms with E-state index in [-0.39, 0.29) is 0 Å². The van der Waals surface area contributed by atoms with Crippen LogP contribution in [-0.2, 0) is 0 Å². The van der Waals surface area contributed by atoms with Crippen molar-refractivity contribution in [3.8, 4) is 0 Å². The maximum Gasteiger partial charge on any atom is 0.275 e. The number of rotatable bonds is 3. The van der Waals surface area contributed by atoms with Gasteiger partial charge in [0.1, 0.15) is 0 Å². The normalized spacial score (nSPS) is 9.83. The second-order valence-electron chi connectivity index (χ2n) is 3.68. The molecule has 0 saturated heterocycles. The summed E-state index contributed by atoms with van der Waals surface area (Å²) < 4.78 is 0. The largest absolute Gasteiger partial charge is 0.288 e. The van der Waals surface area contributed by atoms with Gasteiger partial charge in [-0.1, -0.05) is 60.7 Å². The molecule has 0 aliphatic rings. The summed E-state index contributed by atoms with van der Waals surface area (Å²) in [6.07, 6.45) is 0. The number of carbonyl (C=O) groups is 1. The topological polar surface area (TPSA) is 49.3 Å². The van der Waals surface area contributed by atoms with Crippen molar-refractivity contribution in [2.75, 3.05) is 0 Å². The minimum Gasteiger partial charge on any atom is -0.288 e. The van der Waals surface area contributed by atoms with Crippen LogP contribution in [0.4, 0.5) is 0 Å². The predicted octanol–water partition coefficient (Wildman–Crippen LogP) is 2.57. The van der Waals surface area contributed by atoms with Crippen LogP contribution in [0, 0.1) is 0 Å². The summed E-state index contributed by atoms with van der Waals surface area (Å²) in [7, 11) is 0. The molecule has 0 radical (unpaired) electrons. The Hall–Kier alpha value is -2.04. The molecule has 1 amide bonds. The van der Waals surface area contributed by atoms with Gasteiger partial charge in [0.05, 0.1) is 10.4 Å². The number of carbonyl (C=O) groups excluding carboxylic acids is 1. The first-order valence-corrected chi connectivity index (χ1v) is 5.78.